The first-order valence-corrected chi connectivity index (χ1v) is 8.95. The average Bonchev–Trinajstić information content (AvgIpc) is 2.53. The molecule has 0 amide bonds. The Kier molecular flexibility index (Phi) is 5.35. The summed E-state index contributed by atoms with van der Waals surface area (Å²) in [6, 6.07) is 10.3. The summed E-state index contributed by atoms with van der Waals surface area (Å²) in [6.45, 7) is -0.0875. The SMILES string of the molecule is CSc1ccc([C@H](O)CNS(=O)(=O)c2cccnc2)cc1. The van der Waals surface area contributed by atoms with Crippen LogP contribution < -0.4 is 4.72 Å². The molecular weight excluding hydrogens is 308 g/mol. The molecule has 112 valence electrons. The quantitative estimate of drug-likeness (QED) is 0.792. The molecule has 0 fully saturated rings. The van der Waals surface area contributed by atoms with Gasteiger partial charge in [0.1, 0.15) is 4.90 Å². The number of aliphatic hydroxyl groups is 1. The normalized spacial score (nSPS) is 13.0. The molecule has 1 aromatic heterocycles. The van der Waals surface area contributed by atoms with Crippen molar-refractivity contribution in [1.29, 1.82) is 0 Å². The van der Waals surface area contributed by atoms with Crippen LogP contribution in [0.15, 0.2) is 58.6 Å². The molecule has 7 heteroatoms. The number of aliphatic hydroxyl groups excluding tert-OH is 1. The highest BCUT2D eigenvalue weighted by molar-refractivity contribution is 7.98. The molecule has 1 aromatic carbocycles. The van der Waals surface area contributed by atoms with E-state index in [1.807, 2.05) is 18.4 Å². The molecule has 2 aromatic rings. The number of aromatic nitrogens is 1. The molecule has 0 spiro atoms. The first kappa shape index (κ1) is 16.0. The van der Waals surface area contributed by atoms with Crippen LogP contribution in [0.5, 0.6) is 0 Å². The molecule has 1 heterocycles. The molecule has 0 aliphatic rings. The van der Waals surface area contributed by atoms with Crippen LogP contribution in [-0.2, 0) is 10.0 Å². The van der Waals surface area contributed by atoms with Crippen LogP contribution in [-0.4, -0.2) is 31.3 Å². The van der Waals surface area contributed by atoms with Crippen molar-refractivity contribution in [3.8, 4) is 0 Å². The molecule has 0 bridgehead atoms. The lowest BCUT2D eigenvalue weighted by molar-refractivity contribution is 0.182. The van der Waals surface area contributed by atoms with Crippen LogP contribution >= 0.6 is 11.8 Å². The van der Waals surface area contributed by atoms with Gasteiger partial charge in [0.15, 0.2) is 0 Å². The van der Waals surface area contributed by atoms with Crippen LogP contribution in [0.2, 0.25) is 0 Å². The Morgan fingerprint density at radius 3 is 2.57 bits per heavy atom. The first-order valence-electron chi connectivity index (χ1n) is 6.24. The van der Waals surface area contributed by atoms with Crippen LogP contribution in [0.25, 0.3) is 0 Å². The van der Waals surface area contributed by atoms with Crippen LogP contribution in [0, 0.1) is 0 Å². The molecule has 0 unspecified atom stereocenters. The van der Waals surface area contributed by atoms with Gasteiger partial charge in [-0.05, 0) is 36.1 Å². The predicted octanol–water partition coefficient (Wildman–Crippen LogP) is 1.82. The molecule has 0 saturated heterocycles. The van der Waals surface area contributed by atoms with Gasteiger partial charge in [0.2, 0.25) is 10.0 Å². The second kappa shape index (κ2) is 7.04. The number of pyridine rings is 1. The van der Waals surface area contributed by atoms with Crippen LogP contribution in [0.1, 0.15) is 11.7 Å². The minimum absolute atomic E-state index is 0.0786. The molecule has 2 N–H and O–H groups in total. The standard InChI is InChI=1S/C14H16N2O3S2/c1-20-12-6-4-11(5-7-12)14(17)10-16-21(18,19)13-3-2-8-15-9-13/h2-9,14,16-17H,10H2,1H3/t14-/m1/s1. The van der Waals surface area contributed by atoms with Crippen molar-refractivity contribution in [2.75, 3.05) is 12.8 Å². The van der Waals surface area contributed by atoms with Gasteiger partial charge in [-0.3, -0.25) is 4.98 Å². The minimum Gasteiger partial charge on any atom is -0.387 e. The summed E-state index contributed by atoms with van der Waals surface area (Å²) >= 11 is 1.60. The number of benzene rings is 1. The van der Waals surface area contributed by atoms with Gasteiger partial charge < -0.3 is 5.11 Å². The molecule has 2 rings (SSSR count). The number of rotatable bonds is 6. The average molecular weight is 324 g/mol. The first-order chi connectivity index (χ1) is 10.0. The number of thioether (sulfide) groups is 1. The monoisotopic (exact) mass is 324 g/mol. The van der Waals surface area contributed by atoms with Crippen molar-refractivity contribution in [3.63, 3.8) is 0 Å². The fourth-order valence-electron chi connectivity index (χ4n) is 1.72. The number of nitrogens with one attached hydrogen (secondary N) is 1. The summed E-state index contributed by atoms with van der Waals surface area (Å²) in [5.74, 6) is 0. The van der Waals surface area contributed by atoms with E-state index < -0.39 is 16.1 Å². The fourth-order valence-corrected chi connectivity index (χ4v) is 3.13. The topological polar surface area (TPSA) is 79.3 Å². The predicted molar refractivity (Wildman–Crippen MR) is 82.6 cm³/mol. The van der Waals surface area contributed by atoms with Gasteiger partial charge in [-0.15, -0.1) is 11.8 Å². The highest BCUT2D eigenvalue weighted by atomic mass is 32.2. The van der Waals surface area contributed by atoms with Crippen molar-refractivity contribution in [1.82, 2.24) is 9.71 Å². The second-order valence-corrected chi connectivity index (χ2v) is 6.98. The Morgan fingerprint density at radius 1 is 1.29 bits per heavy atom. The van der Waals surface area contributed by atoms with Crippen molar-refractivity contribution >= 4 is 21.8 Å². The zero-order chi connectivity index (χ0) is 15.3. The van der Waals surface area contributed by atoms with E-state index in [0.717, 1.165) is 4.90 Å². The lowest BCUT2D eigenvalue weighted by Gasteiger charge is -2.13. The molecular formula is C14H16N2O3S2. The number of nitrogens with zero attached hydrogens (tertiary/aromatic N) is 1. The number of hydrogen-bond acceptors (Lipinski definition) is 5. The van der Waals surface area contributed by atoms with Gasteiger partial charge in [-0.2, -0.15) is 0 Å². The third-order valence-electron chi connectivity index (χ3n) is 2.91. The zero-order valence-corrected chi connectivity index (χ0v) is 13.1. The number of sulfonamides is 1. The molecule has 0 radical (unpaired) electrons. The lowest BCUT2D eigenvalue weighted by atomic mass is 10.1. The molecule has 21 heavy (non-hydrogen) atoms. The Hall–Kier alpha value is -1.41. The van der Waals surface area contributed by atoms with E-state index in [0.29, 0.717) is 5.56 Å². The summed E-state index contributed by atoms with van der Waals surface area (Å²) in [5, 5.41) is 10.0. The lowest BCUT2D eigenvalue weighted by Crippen LogP contribution is -2.28. The van der Waals surface area contributed by atoms with E-state index in [1.165, 1.54) is 18.5 Å². The maximum atomic E-state index is 12.0. The van der Waals surface area contributed by atoms with E-state index in [-0.39, 0.29) is 11.4 Å². The summed E-state index contributed by atoms with van der Waals surface area (Å²) in [4.78, 5) is 4.94. The van der Waals surface area contributed by atoms with Gasteiger partial charge in [0, 0.05) is 23.8 Å². The van der Waals surface area contributed by atoms with Gasteiger partial charge >= 0.3 is 0 Å². The van der Waals surface area contributed by atoms with E-state index in [2.05, 4.69) is 9.71 Å². The Morgan fingerprint density at radius 2 is 2.00 bits per heavy atom. The summed E-state index contributed by atoms with van der Waals surface area (Å²) in [6.07, 6.45) is 3.84. The highest BCUT2D eigenvalue weighted by Gasteiger charge is 2.16. The fraction of sp³-hybridized carbons (Fsp3) is 0.214. The maximum Gasteiger partial charge on any atom is 0.242 e. The molecule has 0 aliphatic heterocycles. The van der Waals surface area contributed by atoms with Gasteiger partial charge in [0.05, 0.1) is 6.10 Å². The van der Waals surface area contributed by atoms with Crippen molar-refractivity contribution < 1.29 is 13.5 Å². The third-order valence-corrected chi connectivity index (χ3v) is 5.06. The third kappa shape index (κ3) is 4.28. The van der Waals surface area contributed by atoms with Crippen molar-refractivity contribution in [3.05, 3.63) is 54.4 Å². The Balaban J connectivity index is 2.01. The van der Waals surface area contributed by atoms with E-state index >= 15 is 0 Å². The molecule has 0 saturated carbocycles. The summed E-state index contributed by atoms with van der Waals surface area (Å²) < 4.78 is 26.4. The van der Waals surface area contributed by atoms with E-state index in [1.54, 1.807) is 30.0 Å². The van der Waals surface area contributed by atoms with E-state index in [9.17, 15) is 13.5 Å². The van der Waals surface area contributed by atoms with Gasteiger partial charge in [0.25, 0.3) is 0 Å². The smallest absolute Gasteiger partial charge is 0.242 e. The summed E-state index contributed by atoms with van der Waals surface area (Å²) in [7, 11) is -3.65. The van der Waals surface area contributed by atoms with Crippen LogP contribution in [0.4, 0.5) is 0 Å². The maximum absolute atomic E-state index is 12.0. The van der Waals surface area contributed by atoms with Gasteiger partial charge in [-0.1, -0.05) is 12.1 Å². The second-order valence-electron chi connectivity index (χ2n) is 4.33. The van der Waals surface area contributed by atoms with Crippen LogP contribution in [0.3, 0.4) is 0 Å². The van der Waals surface area contributed by atoms with Gasteiger partial charge in [-0.25, -0.2) is 13.1 Å². The molecule has 0 aliphatic carbocycles. The Labute approximate surface area is 128 Å². The Bertz CT molecular complexity index is 673. The van der Waals surface area contributed by atoms with Crippen molar-refractivity contribution in [2.24, 2.45) is 0 Å². The minimum atomic E-state index is -3.65. The highest BCUT2D eigenvalue weighted by Crippen LogP contribution is 2.19. The number of hydrogen-bond donors (Lipinski definition) is 2. The van der Waals surface area contributed by atoms with Crippen molar-refractivity contribution in [2.45, 2.75) is 15.9 Å². The molecule has 1 atom stereocenters. The molecule has 5 nitrogen and oxygen atoms in total. The summed E-state index contributed by atoms with van der Waals surface area (Å²) in [5.41, 5.74) is 0.668. The van der Waals surface area contributed by atoms with E-state index in [4.69, 9.17) is 0 Å². The zero-order valence-electron chi connectivity index (χ0n) is 11.4. The largest absolute Gasteiger partial charge is 0.387 e.